The molecule has 1 aromatic heterocycles. The Morgan fingerprint density at radius 2 is 2.21 bits per heavy atom. The molecule has 0 bridgehead atoms. The highest BCUT2D eigenvalue weighted by Crippen LogP contribution is 2.37. The molecule has 1 fully saturated rings. The largest absolute Gasteiger partial charge is 0.485 e. The summed E-state index contributed by atoms with van der Waals surface area (Å²) in [5.41, 5.74) is 0.983. The first-order chi connectivity index (χ1) is 6.68. The first-order valence-corrected chi connectivity index (χ1v) is 5.05. The summed E-state index contributed by atoms with van der Waals surface area (Å²) >= 11 is 5.98. The van der Waals surface area contributed by atoms with Gasteiger partial charge in [-0.3, -0.25) is 0 Å². The predicted octanol–water partition coefficient (Wildman–Crippen LogP) is 2.34. The molecule has 1 heterocycles. The van der Waals surface area contributed by atoms with E-state index in [0.29, 0.717) is 17.0 Å². The zero-order valence-electron chi connectivity index (χ0n) is 8.33. The topological polar surface area (TPSA) is 25.4 Å². The van der Waals surface area contributed by atoms with Gasteiger partial charge in [-0.25, -0.2) is 4.98 Å². The van der Waals surface area contributed by atoms with E-state index in [9.17, 15) is 0 Å². The maximum Gasteiger partial charge on any atom is 0.180 e. The zero-order valence-corrected chi connectivity index (χ0v) is 9.08. The van der Waals surface area contributed by atoms with Gasteiger partial charge in [0.25, 0.3) is 0 Å². The van der Waals surface area contributed by atoms with Gasteiger partial charge >= 0.3 is 0 Å². The molecule has 0 saturated heterocycles. The Morgan fingerprint density at radius 3 is 2.79 bits per heavy atom. The van der Waals surface area contributed by atoms with E-state index < -0.39 is 0 Å². The molecule has 76 valence electrons. The number of aromatic nitrogens is 1. The van der Waals surface area contributed by atoms with Gasteiger partial charge in [0.05, 0.1) is 11.8 Å². The minimum atomic E-state index is 0.343. The van der Waals surface area contributed by atoms with Crippen molar-refractivity contribution in [2.45, 2.75) is 18.9 Å². The summed E-state index contributed by atoms with van der Waals surface area (Å²) in [5, 5.41) is 0.447. The van der Waals surface area contributed by atoms with Gasteiger partial charge in [-0.15, -0.1) is 0 Å². The third-order valence-corrected chi connectivity index (χ3v) is 2.40. The van der Waals surface area contributed by atoms with Gasteiger partial charge in [0.1, 0.15) is 0 Å². The lowest BCUT2D eigenvalue weighted by molar-refractivity contribution is 0.303. The molecule has 0 unspecified atom stereocenters. The van der Waals surface area contributed by atoms with Gasteiger partial charge in [0.2, 0.25) is 0 Å². The van der Waals surface area contributed by atoms with Crippen molar-refractivity contribution in [1.82, 2.24) is 4.98 Å². The molecule has 0 amide bonds. The Hall–Kier alpha value is -0.960. The van der Waals surface area contributed by atoms with Crippen LogP contribution in [0.3, 0.4) is 0 Å². The molecule has 14 heavy (non-hydrogen) atoms. The van der Waals surface area contributed by atoms with Gasteiger partial charge in [0, 0.05) is 20.3 Å². The summed E-state index contributed by atoms with van der Waals surface area (Å²) in [5.74, 6) is 0.710. The molecule has 0 N–H and O–H groups in total. The molecule has 1 aromatic rings. The summed E-state index contributed by atoms with van der Waals surface area (Å²) in [4.78, 5) is 5.99. The monoisotopic (exact) mass is 212 g/mol. The van der Waals surface area contributed by atoms with Crippen molar-refractivity contribution in [2.24, 2.45) is 0 Å². The molecule has 2 rings (SSSR count). The molecule has 1 aliphatic rings. The standard InChI is InChI=1S/C10H13ClN2O/c1-13(2)8-5-6-12-10(11)9(8)14-7-3-4-7/h5-7H,3-4H2,1-2H3. The van der Waals surface area contributed by atoms with Crippen LogP contribution in [0.5, 0.6) is 5.75 Å². The number of halogens is 1. The fourth-order valence-corrected chi connectivity index (χ4v) is 1.42. The average molecular weight is 213 g/mol. The Morgan fingerprint density at radius 1 is 1.50 bits per heavy atom. The summed E-state index contributed by atoms with van der Waals surface area (Å²) in [6, 6.07) is 1.91. The van der Waals surface area contributed by atoms with Gasteiger partial charge in [0.15, 0.2) is 10.9 Å². The van der Waals surface area contributed by atoms with E-state index in [2.05, 4.69) is 4.98 Å². The quantitative estimate of drug-likeness (QED) is 0.720. The predicted molar refractivity (Wildman–Crippen MR) is 57.2 cm³/mol. The van der Waals surface area contributed by atoms with Crippen LogP contribution in [0.25, 0.3) is 0 Å². The van der Waals surface area contributed by atoms with Gasteiger partial charge in [-0.2, -0.15) is 0 Å². The highest BCUT2D eigenvalue weighted by molar-refractivity contribution is 6.31. The highest BCUT2D eigenvalue weighted by Gasteiger charge is 2.26. The summed E-state index contributed by atoms with van der Waals surface area (Å²) in [6.07, 6.45) is 4.28. The van der Waals surface area contributed by atoms with Crippen LogP contribution in [-0.4, -0.2) is 25.2 Å². The smallest absolute Gasteiger partial charge is 0.180 e. The van der Waals surface area contributed by atoms with Crippen molar-refractivity contribution in [3.05, 3.63) is 17.4 Å². The number of nitrogens with zero attached hydrogens (tertiary/aromatic N) is 2. The van der Waals surface area contributed by atoms with Crippen molar-refractivity contribution in [2.75, 3.05) is 19.0 Å². The number of rotatable bonds is 3. The molecule has 4 heteroatoms. The maximum atomic E-state index is 5.98. The SMILES string of the molecule is CN(C)c1ccnc(Cl)c1OC1CC1. The van der Waals surface area contributed by atoms with Crippen molar-refractivity contribution >= 4 is 17.3 Å². The lowest BCUT2D eigenvalue weighted by atomic mass is 10.3. The van der Waals surface area contributed by atoms with E-state index in [-0.39, 0.29) is 0 Å². The zero-order chi connectivity index (χ0) is 10.1. The normalized spacial score (nSPS) is 15.4. The summed E-state index contributed by atoms with van der Waals surface area (Å²) in [7, 11) is 3.93. The number of hydrogen-bond acceptors (Lipinski definition) is 3. The maximum absolute atomic E-state index is 5.98. The molecular weight excluding hydrogens is 200 g/mol. The van der Waals surface area contributed by atoms with Crippen molar-refractivity contribution in [3.8, 4) is 5.75 Å². The fraction of sp³-hybridized carbons (Fsp3) is 0.500. The number of hydrogen-bond donors (Lipinski definition) is 0. The highest BCUT2D eigenvalue weighted by atomic mass is 35.5. The lowest BCUT2D eigenvalue weighted by Crippen LogP contribution is -2.12. The van der Waals surface area contributed by atoms with Crippen LogP contribution in [-0.2, 0) is 0 Å². The first kappa shape index (κ1) is 9.59. The van der Waals surface area contributed by atoms with Gasteiger partial charge in [-0.05, 0) is 18.9 Å². The Balaban J connectivity index is 2.31. The second-order valence-corrected chi connectivity index (χ2v) is 4.02. The van der Waals surface area contributed by atoms with Gasteiger partial charge < -0.3 is 9.64 Å². The van der Waals surface area contributed by atoms with Crippen LogP contribution in [0, 0.1) is 0 Å². The molecule has 1 aliphatic carbocycles. The van der Waals surface area contributed by atoms with Crippen molar-refractivity contribution in [1.29, 1.82) is 0 Å². The Kier molecular flexibility index (Phi) is 2.50. The summed E-state index contributed by atoms with van der Waals surface area (Å²) < 4.78 is 5.71. The Bertz CT molecular complexity index is 337. The second-order valence-electron chi connectivity index (χ2n) is 3.66. The molecule has 0 aromatic carbocycles. The fourth-order valence-electron chi connectivity index (χ4n) is 1.23. The molecule has 1 saturated carbocycles. The van der Waals surface area contributed by atoms with Crippen LogP contribution in [0.15, 0.2) is 12.3 Å². The van der Waals surface area contributed by atoms with Crippen LogP contribution in [0.2, 0.25) is 5.15 Å². The number of ether oxygens (including phenoxy) is 1. The van der Waals surface area contributed by atoms with E-state index in [4.69, 9.17) is 16.3 Å². The first-order valence-electron chi connectivity index (χ1n) is 4.67. The molecule has 0 atom stereocenters. The molecule has 0 spiro atoms. The summed E-state index contributed by atoms with van der Waals surface area (Å²) in [6.45, 7) is 0. The Labute approximate surface area is 88.6 Å². The van der Waals surface area contributed by atoms with E-state index in [0.717, 1.165) is 18.5 Å². The van der Waals surface area contributed by atoms with E-state index >= 15 is 0 Å². The van der Waals surface area contributed by atoms with Crippen LogP contribution >= 0.6 is 11.6 Å². The van der Waals surface area contributed by atoms with E-state index in [1.807, 2.05) is 25.1 Å². The minimum Gasteiger partial charge on any atom is -0.485 e. The van der Waals surface area contributed by atoms with Crippen molar-refractivity contribution in [3.63, 3.8) is 0 Å². The van der Waals surface area contributed by atoms with Crippen molar-refractivity contribution < 1.29 is 4.74 Å². The second kappa shape index (κ2) is 3.65. The van der Waals surface area contributed by atoms with E-state index in [1.54, 1.807) is 6.20 Å². The third-order valence-electron chi connectivity index (χ3n) is 2.13. The minimum absolute atomic E-state index is 0.343. The molecular formula is C10H13ClN2O. The number of pyridine rings is 1. The molecule has 0 radical (unpaired) electrons. The number of anilines is 1. The van der Waals surface area contributed by atoms with E-state index in [1.165, 1.54) is 0 Å². The average Bonchev–Trinajstić information content (AvgIpc) is 2.91. The van der Waals surface area contributed by atoms with Crippen LogP contribution in [0.1, 0.15) is 12.8 Å². The third kappa shape index (κ3) is 1.93. The molecule has 0 aliphatic heterocycles. The molecule has 3 nitrogen and oxygen atoms in total. The van der Waals surface area contributed by atoms with Crippen LogP contribution < -0.4 is 9.64 Å². The van der Waals surface area contributed by atoms with Gasteiger partial charge in [-0.1, -0.05) is 11.6 Å². The lowest BCUT2D eigenvalue weighted by Gasteiger charge is -2.17. The van der Waals surface area contributed by atoms with Crippen LogP contribution in [0.4, 0.5) is 5.69 Å².